The Morgan fingerprint density at radius 1 is 0.971 bits per heavy atom. The Morgan fingerprint density at radius 3 is 2.38 bits per heavy atom. The number of aryl methyl sites for hydroxylation is 1. The quantitative estimate of drug-likeness (QED) is 0.451. The number of hydrogen-bond donors (Lipinski definition) is 2. The Bertz CT molecular complexity index is 1210. The van der Waals surface area contributed by atoms with Gasteiger partial charge < -0.3 is 15.4 Å². The molecule has 2 aromatic heterocycles. The van der Waals surface area contributed by atoms with E-state index < -0.39 is 11.7 Å². The number of benzene rings is 1. The number of amides is 2. The Hall–Kier alpha value is -3.16. The number of ether oxygens (including phenoxy) is 1. The van der Waals surface area contributed by atoms with Crippen LogP contribution in [-0.2, 0) is 17.8 Å². The van der Waals surface area contributed by atoms with Gasteiger partial charge in [-0.3, -0.25) is 9.78 Å². The van der Waals surface area contributed by atoms with Crippen molar-refractivity contribution in [2.24, 2.45) is 0 Å². The molecule has 0 aliphatic carbocycles. The van der Waals surface area contributed by atoms with Crippen LogP contribution in [0.1, 0.15) is 48.0 Å². The van der Waals surface area contributed by atoms with Crippen LogP contribution in [0, 0.1) is 6.92 Å². The average molecular weight is 501 g/mol. The van der Waals surface area contributed by atoms with Crippen molar-refractivity contribution in [2.75, 3.05) is 0 Å². The van der Waals surface area contributed by atoms with Crippen LogP contribution in [0.25, 0.3) is 11.3 Å². The number of nitrogens with one attached hydrogen (secondary N) is 2. The van der Waals surface area contributed by atoms with Gasteiger partial charge in [0.15, 0.2) is 0 Å². The van der Waals surface area contributed by atoms with Gasteiger partial charge in [0.2, 0.25) is 0 Å². The van der Waals surface area contributed by atoms with E-state index >= 15 is 0 Å². The molecule has 0 saturated carbocycles. The first-order valence-electron chi connectivity index (χ1n) is 10.6. The fourth-order valence-electron chi connectivity index (χ4n) is 3.12. The SMILES string of the molecule is Cc1cnccc1-c1cc(CNC(=O)OC(C)(C)C)cc(C(=O)NCc2ccc(Cl)c(Cl)c2)n1. The average Bonchev–Trinajstić information content (AvgIpc) is 2.77. The molecule has 2 amide bonds. The van der Waals surface area contributed by atoms with E-state index in [-0.39, 0.29) is 24.7 Å². The zero-order valence-corrected chi connectivity index (χ0v) is 20.9. The van der Waals surface area contributed by atoms with Crippen molar-refractivity contribution in [3.8, 4) is 11.3 Å². The van der Waals surface area contributed by atoms with E-state index in [1.165, 1.54) is 0 Å². The summed E-state index contributed by atoms with van der Waals surface area (Å²) in [5, 5.41) is 6.43. The third-order valence-electron chi connectivity index (χ3n) is 4.69. The van der Waals surface area contributed by atoms with E-state index in [0.29, 0.717) is 21.3 Å². The van der Waals surface area contributed by atoms with E-state index in [2.05, 4.69) is 20.6 Å². The highest BCUT2D eigenvalue weighted by molar-refractivity contribution is 6.42. The maximum atomic E-state index is 13.0. The second-order valence-electron chi connectivity index (χ2n) is 8.72. The summed E-state index contributed by atoms with van der Waals surface area (Å²) < 4.78 is 5.30. The maximum absolute atomic E-state index is 13.0. The van der Waals surface area contributed by atoms with Crippen molar-refractivity contribution in [2.45, 2.75) is 46.4 Å². The molecule has 0 atom stereocenters. The molecule has 0 unspecified atom stereocenters. The number of halogens is 2. The normalized spacial score (nSPS) is 11.1. The zero-order valence-electron chi connectivity index (χ0n) is 19.4. The van der Waals surface area contributed by atoms with E-state index in [1.807, 2.05) is 19.1 Å². The maximum Gasteiger partial charge on any atom is 0.407 e. The molecular weight excluding hydrogens is 475 g/mol. The molecule has 2 N–H and O–H groups in total. The van der Waals surface area contributed by atoms with E-state index in [4.69, 9.17) is 27.9 Å². The Kier molecular flexibility index (Phi) is 8.12. The van der Waals surface area contributed by atoms with Crippen LogP contribution in [0.5, 0.6) is 0 Å². The largest absolute Gasteiger partial charge is 0.444 e. The molecule has 9 heteroatoms. The van der Waals surface area contributed by atoms with Crippen LogP contribution < -0.4 is 10.6 Å². The van der Waals surface area contributed by atoms with Crippen LogP contribution in [-0.4, -0.2) is 27.6 Å². The molecule has 34 heavy (non-hydrogen) atoms. The molecule has 0 bridgehead atoms. The van der Waals surface area contributed by atoms with Crippen molar-refractivity contribution in [3.05, 3.63) is 81.2 Å². The minimum atomic E-state index is -0.614. The zero-order chi connectivity index (χ0) is 24.9. The Morgan fingerprint density at radius 2 is 1.71 bits per heavy atom. The van der Waals surface area contributed by atoms with Gasteiger partial charge in [-0.05, 0) is 74.7 Å². The van der Waals surface area contributed by atoms with Gasteiger partial charge in [-0.25, -0.2) is 9.78 Å². The van der Waals surface area contributed by atoms with Crippen molar-refractivity contribution < 1.29 is 14.3 Å². The second-order valence-corrected chi connectivity index (χ2v) is 9.54. The lowest BCUT2D eigenvalue weighted by molar-refractivity contribution is 0.0523. The molecule has 0 spiro atoms. The Labute approximate surface area is 208 Å². The van der Waals surface area contributed by atoms with Crippen LogP contribution in [0.3, 0.4) is 0 Å². The van der Waals surface area contributed by atoms with Crippen LogP contribution >= 0.6 is 23.2 Å². The molecular formula is C25H26Cl2N4O3. The van der Waals surface area contributed by atoms with Gasteiger partial charge in [-0.2, -0.15) is 0 Å². The molecule has 0 aliphatic rings. The summed E-state index contributed by atoms with van der Waals surface area (Å²) in [5.41, 5.74) is 3.46. The van der Waals surface area contributed by atoms with Gasteiger partial charge in [-0.15, -0.1) is 0 Å². The lowest BCUT2D eigenvalue weighted by Gasteiger charge is -2.20. The van der Waals surface area contributed by atoms with Crippen LogP contribution in [0.15, 0.2) is 48.8 Å². The van der Waals surface area contributed by atoms with Gasteiger partial charge in [0.05, 0.1) is 15.7 Å². The summed E-state index contributed by atoms with van der Waals surface area (Å²) in [6.45, 7) is 7.71. The standard InChI is InChI=1S/C25H26Cl2N4O3/c1-15-12-28-8-7-18(15)21-10-17(14-30-24(33)34-25(2,3)4)11-22(31-21)23(32)29-13-16-5-6-19(26)20(27)9-16/h5-12H,13-14H2,1-4H3,(H,29,32)(H,30,33). The van der Waals surface area contributed by atoms with Crippen molar-refractivity contribution >= 4 is 35.2 Å². The second kappa shape index (κ2) is 10.8. The summed E-state index contributed by atoms with van der Waals surface area (Å²) in [5.74, 6) is -0.363. The summed E-state index contributed by atoms with van der Waals surface area (Å²) >= 11 is 12.0. The lowest BCUT2D eigenvalue weighted by Crippen LogP contribution is -2.32. The van der Waals surface area contributed by atoms with Crippen molar-refractivity contribution in [1.82, 2.24) is 20.6 Å². The molecule has 0 saturated heterocycles. The summed E-state index contributed by atoms with van der Waals surface area (Å²) in [6, 6.07) is 10.5. The van der Waals surface area contributed by atoms with Crippen LogP contribution in [0.4, 0.5) is 4.79 Å². The van der Waals surface area contributed by atoms with Gasteiger partial charge in [0, 0.05) is 31.0 Å². The van der Waals surface area contributed by atoms with Crippen molar-refractivity contribution in [1.29, 1.82) is 0 Å². The molecule has 3 rings (SSSR count). The lowest BCUT2D eigenvalue weighted by atomic mass is 10.0. The number of nitrogens with zero attached hydrogens (tertiary/aromatic N) is 2. The van der Waals surface area contributed by atoms with Gasteiger partial charge in [0.1, 0.15) is 11.3 Å². The number of aromatic nitrogens is 2. The highest BCUT2D eigenvalue weighted by Gasteiger charge is 2.17. The predicted octanol–water partition coefficient (Wildman–Crippen LogP) is 5.71. The molecule has 0 aliphatic heterocycles. The van der Waals surface area contributed by atoms with E-state index in [1.54, 1.807) is 57.4 Å². The molecule has 2 heterocycles. The highest BCUT2D eigenvalue weighted by atomic mass is 35.5. The fourth-order valence-corrected chi connectivity index (χ4v) is 3.44. The molecule has 178 valence electrons. The number of carbonyl (C=O) groups is 2. The highest BCUT2D eigenvalue weighted by Crippen LogP contribution is 2.24. The first kappa shape index (κ1) is 25.5. The molecule has 0 radical (unpaired) electrons. The number of carbonyl (C=O) groups excluding carboxylic acids is 2. The third kappa shape index (κ3) is 7.17. The smallest absolute Gasteiger partial charge is 0.407 e. The summed E-state index contributed by atoms with van der Waals surface area (Å²) in [4.78, 5) is 33.8. The topological polar surface area (TPSA) is 93.2 Å². The molecule has 3 aromatic rings. The summed E-state index contributed by atoms with van der Waals surface area (Å²) in [6.07, 6.45) is 2.85. The Balaban J connectivity index is 1.84. The van der Waals surface area contributed by atoms with Gasteiger partial charge in [-0.1, -0.05) is 29.3 Å². The van der Waals surface area contributed by atoms with E-state index in [9.17, 15) is 9.59 Å². The molecule has 1 aromatic carbocycles. The fraction of sp³-hybridized carbons (Fsp3) is 0.280. The number of hydrogen-bond acceptors (Lipinski definition) is 5. The van der Waals surface area contributed by atoms with Gasteiger partial charge >= 0.3 is 6.09 Å². The summed E-state index contributed by atoms with van der Waals surface area (Å²) in [7, 11) is 0. The first-order valence-corrected chi connectivity index (χ1v) is 11.4. The van der Waals surface area contributed by atoms with E-state index in [0.717, 1.165) is 16.7 Å². The molecule has 0 fully saturated rings. The number of alkyl carbamates (subject to hydrolysis) is 1. The monoisotopic (exact) mass is 500 g/mol. The number of rotatable bonds is 6. The minimum absolute atomic E-state index is 0.168. The predicted molar refractivity (Wildman–Crippen MR) is 133 cm³/mol. The van der Waals surface area contributed by atoms with Crippen LogP contribution in [0.2, 0.25) is 10.0 Å². The van der Waals surface area contributed by atoms with Gasteiger partial charge in [0.25, 0.3) is 5.91 Å². The van der Waals surface area contributed by atoms with Crippen molar-refractivity contribution in [3.63, 3.8) is 0 Å². The minimum Gasteiger partial charge on any atom is -0.444 e. The molecule has 7 nitrogen and oxygen atoms in total. The number of pyridine rings is 2. The third-order valence-corrected chi connectivity index (χ3v) is 5.43. The first-order chi connectivity index (χ1) is 16.0.